The van der Waals surface area contributed by atoms with Gasteiger partial charge in [-0.15, -0.1) is 11.8 Å². The van der Waals surface area contributed by atoms with Crippen LogP contribution in [0.1, 0.15) is 37.5 Å². The van der Waals surface area contributed by atoms with Gasteiger partial charge in [0.15, 0.2) is 0 Å². The minimum Gasteiger partial charge on any atom is -0.373 e. The number of rotatable bonds is 13. The van der Waals surface area contributed by atoms with Crippen molar-refractivity contribution in [1.29, 1.82) is 0 Å². The molecule has 69 heavy (non-hydrogen) atoms. The maximum absolute atomic E-state index is 15.5. The van der Waals surface area contributed by atoms with Crippen LogP contribution in [0.5, 0.6) is 0 Å². The van der Waals surface area contributed by atoms with Gasteiger partial charge in [0.25, 0.3) is 0 Å². The second-order valence-corrected chi connectivity index (χ2v) is 22.5. The molecule has 0 aromatic heterocycles. The highest BCUT2D eigenvalue weighted by molar-refractivity contribution is 8.34. The van der Waals surface area contributed by atoms with Gasteiger partial charge in [0.1, 0.15) is 18.1 Å². The fourth-order valence-corrected chi connectivity index (χ4v) is 14.2. The third-order valence-electron chi connectivity index (χ3n) is 12.0. The van der Waals surface area contributed by atoms with E-state index in [0.717, 1.165) is 31.4 Å². The van der Waals surface area contributed by atoms with Crippen LogP contribution in [0, 0.1) is 0 Å². The number of carbonyl (C=O) groups excluding carboxylic acids is 5. The summed E-state index contributed by atoms with van der Waals surface area (Å²) >= 11 is 1.49. The van der Waals surface area contributed by atoms with E-state index in [0.29, 0.717) is 0 Å². The molecular formula is C56H61N5O6S2. The van der Waals surface area contributed by atoms with Gasteiger partial charge in [0, 0.05) is 25.6 Å². The molecule has 0 bridgehead atoms. The molecule has 3 atom stereocenters. The van der Waals surface area contributed by atoms with E-state index in [9.17, 15) is 14.4 Å². The summed E-state index contributed by atoms with van der Waals surface area (Å²) < 4.78 is 5.14. The summed E-state index contributed by atoms with van der Waals surface area (Å²) in [5.74, 6) is -2.76. The Labute approximate surface area is 411 Å². The fourth-order valence-electron chi connectivity index (χ4n) is 8.62. The number of carbonyl (C=O) groups is 5. The summed E-state index contributed by atoms with van der Waals surface area (Å²) in [5, 5.41) is 8.96. The number of nitrogens with zero attached hydrogens (tertiary/aromatic N) is 2. The zero-order chi connectivity index (χ0) is 49.0. The van der Waals surface area contributed by atoms with E-state index in [1.807, 2.05) is 166 Å². The molecule has 1 heterocycles. The van der Waals surface area contributed by atoms with Crippen LogP contribution in [-0.4, -0.2) is 108 Å². The van der Waals surface area contributed by atoms with Crippen LogP contribution < -0.4 is 16.0 Å². The van der Waals surface area contributed by atoms with Crippen molar-refractivity contribution >= 4 is 51.3 Å². The minimum atomic E-state index is -2.35. The van der Waals surface area contributed by atoms with Gasteiger partial charge in [0.05, 0.1) is 30.0 Å². The molecule has 358 valence electrons. The van der Waals surface area contributed by atoms with Crippen molar-refractivity contribution in [3.05, 3.63) is 199 Å². The Balaban J connectivity index is 1.37. The quantitative estimate of drug-likeness (QED) is 0.100. The normalized spacial score (nSPS) is 18.3. The van der Waals surface area contributed by atoms with Gasteiger partial charge in [-0.1, -0.05) is 146 Å². The number of hydrogen-bond acceptors (Lipinski definition) is 7. The lowest BCUT2D eigenvalue weighted by Crippen LogP contribution is -2.57. The van der Waals surface area contributed by atoms with E-state index in [-0.39, 0.29) is 18.1 Å². The van der Waals surface area contributed by atoms with E-state index < -0.39 is 81.1 Å². The maximum atomic E-state index is 15.5. The smallest absolute Gasteiger partial charge is 0.247 e. The highest BCUT2D eigenvalue weighted by atomic mass is 32.3. The zero-order valence-electron chi connectivity index (χ0n) is 39.7. The first-order valence-electron chi connectivity index (χ1n) is 23.0. The monoisotopic (exact) mass is 963 g/mol. The predicted octanol–water partition coefficient (Wildman–Crippen LogP) is 7.89. The lowest BCUT2D eigenvalue weighted by atomic mass is 9.84. The molecule has 5 amide bonds. The molecule has 0 aliphatic carbocycles. The number of hydrogen-bond donors (Lipinski definition) is 3. The van der Waals surface area contributed by atoms with Gasteiger partial charge in [-0.3, -0.25) is 24.0 Å². The van der Waals surface area contributed by atoms with E-state index in [4.69, 9.17) is 4.74 Å². The Bertz CT molecular complexity index is 2460. The summed E-state index contributed by atoms with van der Waals surface area (Å²) in [5.41, 5.74) is 2.22. The Hall–Kier alpha value is -6.67. The Morgan fingerprint density at radius 3 is 1.23 bits per heavy atom. The Morgan fingerprint density at radius 2 is 0.855 bits per heavy atom. The van der Waals surface area contributed by atoms with Crippen molar-refractivity contribution < 1.29 is 28.7 Å². The van der Waals surface area contributed by atoms with Crippen LogP contribution >= 0.6 is 21.8 Å². The average Bonchev–Trinajstić information content (AvgIpc) is 3.37. The van der Waals surface area contributed by atoms with Gasteiger partial charge in [-0.05, 0) is 88.5 Å². The molecule has 6 aromatic rings. The number of likely N-dealkylation sites (N-methyl/N-ethyl adjacent to an activating group) is 2. The molecule has 1 aliphatic rings. The Kier molecular flexibility index (Phi) is 16.5. The molecular weight excluding hydrogens is 903 g/mol. The van der Waals surface area contributed by atoms with Crippen molar-refractivity contribution in [3.8, 4) is 0 Å². The molecule has 6 aromatic carbocycles. The highest BCUT2D eigenvalue weighted by Gasteiger charge is 2.42. The summed E-state index contributed by atoms with van der Waals surface area (Å²) in [4.78, 5) is 78.5. The third-order valence-corrected chi connectivity index (χ3v) is 17.7. The molecule has 0 radical (unpaired) electrons. The van der Waals surface area contributed by atoms with Gasteiger partial charge >= 0.3 is 0 Å². The molecule has 13 heteroatoms. The van der Waals surface area contributed by atoms with E-state index in [1.165, 1.54) is 35.7 Å². The average molecular weight is 964 g/mol. The second-order valence-electron chi connectivity index (χ2n) is 18.0. The topological polar surface area (TPSA) is 137 Å². The summed E-state index contributed by atoms with van der Waals surface area (Å²) in [6.45, 7) is 4.47. The third kappa shape index (κ3) is 12.0. The van der Waals surface area contributed by atoms with E-state index >= 15 is 9.59 Å². The molecule has 0 unspecified atom stereocenters. The van der Waals surface area contributed by atoms with Crippen LogP contribution in [0.25, 0.3) is 0 Å². The molecule has 0 saturated carbocycles. The first-order chi connectivity index (χ1) is 33.2. The van der Waals surface area contributed by atoms with Crippen LogP contribution in [-0.2, 0) is 33.5 Å². The fraction of sp³-hybridized carbons (Fsp3) is 0.268. The van der Waals surface area contributed by atoms with Crippen molar-refractivity contribution in [2.45, 2.75) is 63.9 Å². The maximum Gasteiger partial charge on any atom is 0.247 e. The SMILES string of the molecule is CN1CC(=O)N[C@@H](CS(c2ccccc2)(c2ccccc2)c2ccccc2)C(=O)N[C@@H](CSC(c2ccccc2)(c2ccccc2)c2ccccc2)C(=O)N(C)CC(=O)N[C@@H](COC(C)(C)C)C1=O. The first-order valence-corrected chi connectivity index (χ1v) is 25.8. The molecule has 7 rings (SSSR count). The lowest BCUT2D eigenvalue weighted by molar-refractivity contribution is -0.142. The number of amides is 5. The van der Waals surface area contributed by atoms with Gasteiger partial charge in [-0.2, -0.15) is 10.0 Å². The number of nitrogens with one attached hydrogen (secondary N) is 3. The van der Waals surface area contributed by atoms with Crippen LogP contribution in [0.4, 0.5) is 0 Å². The second kappa shape index (κ2) is 22.6. The van der Waals surface area contributed by atoms with E-state index in [2.05, 4.69) is 52.3 Å². The number of thioether (sulfide) groups is 1. The number of ether oxygens (including phenoxy) is 1. The molecule has 1 fully saturated rings. The zero-order valence-corrected chi connectivity index (χ0v) is 41.4. The largest absolute Gasteiger partial charge is 0.373 e. The van der Waals surface area contributed by atoms with Crippen molar-refractivity contribution in [2.24, 2.45) is 0 Å². The van der Waals surface area contributed by atoms with Crippen LogP contribution in [0.3, 0.4) is 0 Å². The molecule has 1 aliphatic heterocycles. The highest BCUT2D eigenvalue weighted by Crippen LogP contribution is 2.68. The minimum absolute atomic E-state index is 0.0488. The standard InChI is InChI=1S/C56H61N5O6S2/c1-55(2,3)67-38-47-53(65)60(4)37-51(63)58-49(40-69(44-30-18-9-19-31-44,45-32-20-10-21-33-45)46-34-22-11-23-35-46)52(64)59-48(54(66)61(5)36-50(62)57-47)39-68-56(41-24-12-6-13-25-41,42-26-14-7-15-27-42)43-28-16-8-17-29-43/h6-35,47-49H,36-40H2,1-5H3,(H,57,62)(H,58,63)(H,59,64)/t47-,48-,49-/m0/s1. The van der Waals surface area contributed by atoms with Gasteiger partial charge in [-0.25, -0.2) is 0 Å². The van der Waals surface area contributed by atoms with Crippen molar-refractivity contribution in [1.82, 2.24) is 25.8 Å². The molecule has 0 spiro atoms. The summed E-state index contributed by atoms with van der Waals surface area (Å²) in [7, 11) is 0.630. The van der Waals surface area contributed by atoms with E-state index in [1.54, 1.807) is 0 Å². The molecule has 11 nitrogen and oxygen atoms in total. The summed E-state index contributed by atoms with van der Waals surface area (Å²) in [6, 6.07) is 56.4. The number of benzene rings is 6. The van der Waals surface area contributed by atoms with Gasteiger partial charge in [0.2, 0.25) is 29.5 Å². The summed E-state index contributed by atoms with van der Waals surface area (Å²) in [6.07, 6.45) is 0. The van der Waals surface area contributed by atoms with Crippen molar-refractivity contribution in [3.63, 3.8) is 0 Å². The lowest BCUT2D eigenvalue weighted by Gasteiger charge is -2.44. The van der Waals surface area contributed by atoms with Crippen LogP contribution in [0.15, 0.2) is 197 Å². The predicted molar refractivity (Wildman–Crippen MR) is 275 cm³/mol. The Morgan fingerprint density at radius 1 is 0.507 bits per heavy atom. The van der Waals surface area contributed by atoms with Crippen molar-refractivity contribution in [2.75, 3.05) is 45.3 Å². The molecule has 1 saturated heterocycles. The van der Waals surface area contributed by atoms with Gasteiger partial charge < -0.3 is 30.5 Å². The van der Waals surface area contributed by atoms with Crippen LogP contribution in [0.2, 0.25) is 0 Å². The molecule has 3 N–H and O–H groups in total. The first kappa shape index (κ1) is 50.2.